The molecule has 1 atom stereocenters. The van der Waals surface area contributed by atoms with Gasteiger partial charge < -0.3 is 4.90 Å². The molecule has 0 radical (unpaired) electrons. The molecule has 0 bridgehead atoms. The van der Waals surface area contributed by atoms with E-state index in [0.29, 0.717) is 5.56 Å². The lowest BCUT2D eigenvalue weighted by atomic mass is 10.1. The zero-order valence-electron chi connectivity index (χ0n) is 14.6. The molecule has 0 unspecified atom stereocenters. The van der Waals surface area contributed by atoms with E-state index in [4.69, 9.17) is 0 Å². The SMILES string of the molecule is C[C@H](c1ccc(-n2cncn2)cc1)N(C)C(=O)/C=C/c1cccc(F)c1. The lowest BCUT2D eigenvalue weighted by molar-refractivity contribution is -0.126. The minimum atomic E-state index is -0.325. The van der Waals surface area contributed by atoms with Gasteiger partial charge in [0.05, 0.1) is 11.7 Å². The van der Waals surface area contributed by atoms with Crippen molar-refractivity contribution in [3.63, 3.8) is 0 Å². The number of hydrogen-bond acceptors (Lipinski definition) is 3. The van der Waals surface area contributed by atoms with E-state index in [1.807, 2.05) is 31.2 Å². The van der Waals surface area contributed by atoms with E-state index >= 15 is 0 Å². The van der Waals surface area contributed by atoms with E-state index < -0.39 is 0 Å². The van der Waals surface area contributed by atoms with Crippen LogP contribution < -0.4 is 0 Å². The Morgan fingerprint density at radius 3 is 2.65 bits per heavy atom. The number of nitrogens with zero attached hydrogens (tertiary/aromatic N) is 4. The average Bonchev–Trinajstić information content (AvgIpc) is 3.20. The minimum absolute atomic E-state index is 0.107. The van der Waals surface area contributed by atoms with Crippen molar-refractivity contribution in [1.29, 1.82) is 0 Å². The third kappa shape index (κ3) is 4.03. The first-order valence-electron chi connectivity index (χ1n) is 8.20. The third-order valence-electron chi connectivity index (χ3n) is 4.25. The Balaban J connectivity index is 1.68. The molecule has 0 aliphatic rings. The fourth-order valence-corrected chi connectivity index (χ4v) is 2.56. The first kappa shape index (κ1) is 17.5. The zero-order chi connectivity index (χ0) is 18.5. The maximum Gasteiger partial charge on any atom is 0.246 e. The van der Waals surface area contributed by atoms with E-state index in [9.17, 15) is 9.18 Å². The van der Waals surface area contributed by atoms with Crippen molar-refractivity contribution < 1.29 is 9.18 Å². The number of amides is 1. The highest BCUT2D eigenvalue weighted by molar-refractivity contribution is 5.91. The first-order chi connectivity index (χ1) is 12.5. The second-order valence-electron chi connectivity index (χ2n) is 5.95. The fraction of sp³-hybridized carbons (Fsp3) is 0.150. The van der Waals surface area contributed by atoms with Crippen LogP contribution in [0.25, 0.3) is 11.8 Å². The monoisotopic (exact) mass is 350 g/mol. The van der Waals surface area contributed by atoms with Gasteiger partial charge in [0.25, 0.3) is 0 Å². The molecule has 1 heterocycles. The minimum Gasteiger partial charge on any atom is -0.335 e. The molecule has 6 heteroatoms. The van der Waals surface area contributed by atoms with Gasteiger partial charge in [-0.25, -0.2) is 14.1 Å². The highest BCUT2D eigenvalue weighted by atomic mass is 19.1. The van der Waals surface area contributed by atoms with Crippen LogP contribution in [0.2, 0.25) is 0 Å². The third-order valence-corrected chi connectivity index (χ3v) is 4.25. The summed E-state index contributed by atoms with van der Waals surface area (Å²) in [6, 6.07) is 13.8. The van der Waals surface area contributed by atoms with Crippen LogP contribution in [-0.2, 0) is 4.79 Å². The molecule has 0 aliphatic carbocycles. The Morgan fingerprint density at radius 2 is 2.00 bits per heavy atom. The van der Waals surface area contributed by atoms with Gasteiger partial charge >= 0.3 is 0 Å². The summed E-state index contributed by atoms with van der Waals surface area (Å²) in [7, 11) is 1.74. The van der Waals surface area contributed by atoms with E-state index in [0.717, 1.165) is 11.3 Å². The maximum absolute atomic E-state index is 13.2. The quantitative estimate of drug-likeness (QED) is 0.660. The number of carbonyl (C=O) groups excluding carboxylic acids is 1. The smallest absolute Gasteiger partial charge is 0.246 e. The number of likely N-dealkylation sites (N-methyl/N-ethyl adjacent to an activating group) is 1. The molecule has 0 spiro atoms. The molecule has 132 valence electrons. The van der Waals surface area contributed by atoms with E-state index in [-0.39, 0.29) is 17.8 Å². The Hall–Kier alpha value is -3.28. The van der Waals surface area contributed by atoms with Crippen LogP contribution in [0.5, 0.6) is 0 Å². The molecule has 3 rings (SSSR count). The van der Waals surface area contributed by atoms with Crippen molar-refractivity contribution in [1.82, 2.24) is 19.7 Å². The number of benzene rings is 2. The van der Waals surface area contributed by atoms with E-state index in [1.54, 1.807) is 41.2 Å². The Bertz CT molecular complexity index is 904. The van der Waals surface area contributed by atoms with E-state index in [1.165, 1.54) is 24.5 Å². The van der Waals surface area contributed by atoms with Gasteiger partial charge in [0.15, 0.2) is 0 Å². The van der Waals surface area contributed by atoms with Gasteiger partial charge in [0, 0.05) is 13.1 Å². The molecule has 0 saturated carbocycles. The predicted octanol–water partition coefficient (Wildman–Crippen LogP) is 3.64. The molecule has 1 amide bonds. The maximum atomic E-state index is 13.2. The summed E-state index contributed by atoms with van der Waals surface area (Å²) < 4.78 is 14.9. The largest absolute Gasteiger partial charge is 0.335 e. The van der Waals surface area contributed by atoms with Gasteiger partial charge in [-0.15, -0.1) is 0 Å². The Morgan fingerprint density at radius 1 is 1.23 bits per heavy atom. The van der Waals surface area contributed by atoms with Gasteiger partial charge in [0.1, 0.15) is 18.5 Å². The van der Waals surface area contributed by atoms with Crippen LogP contribution in [0.4, 0.5) is 4.39 Å². The van der Waals surface area contributed by atoms with Crippen LogP contribution in [0.3, 0.4) is 0 Å². The highest BCUT2D eigenvalue weighted by Gasteiger charge is 2.15. The Kier molecular flexibility index (Phi) is 5.22. The summed E-state index contributed by atoms with van der Waals surface area (Å²) in [6.45, 7) is 1.96. The number of carbonyl (C=O) groups is 1. The summed E-state index contributed by atoms with van der Waals surface area (Å²) in [4.78, 5) is 18.0. The van der Waals surface area contributed by atoms with Crippen molar-refractivity contribution in [2.75, 3.05) is 7.05 Å². The van der Waals surface area contributed by atoms with Gasteiger partial charge in [-0.1, -0.05) is 24.3 Å². The molecule has 0 fully saturated rings. The molecule has 5 nitrogen and oxygen atoms in total. The summed E-state index contributed by atoms with van der Waals surface area (Å²) in [5.41, 5.74) is 2.55. The fourth-order valence-electron chi connectivity index (χ4n) is 2.56. The topological polar surface area (TPSA) is 51.0 Å². The van der Waals surface area contributed by atoms with Crippen LogP contribution in [0, 0.1) is 5.82 Å². The van der Waals surface area contributed by atoms with Gasteiger partial charge in [-0.05, 0) is 48.4 Å². The Labute approximate surface area is 151 Å². The van der Waals surface area contributed by atoms with Crippen LogP contribution in [-0.4, -0.2) is 32.6 Å². The molecule has 26 heavy (non-hydrogen) atoms. The molecule has 3 aromatic rings. The molecule has 2 aromatic carbocycles. The standard InChI is InChI=1S/C20H19FN4O/c1-15(17-7-9-19(10-8-17)25-14-22-13-23-25)24(2)20(26)11-6-16-4-3-5-18(21)12-16/h3-15H,1-2H3/b11-6+/t15-/m1/s1. The van der Waals surface area contributed by atoms with Crippen molar-refractivity contribution in [3.05, 3.63) is 84.2 Å². The molecular formula is C20H19FN4O. The summed E-state index contributed by atoms with van der Waals surface area (Å²) in [6.07, 6.45) is 6.18. The van der Waals surface area contributed by atoms with Crippen molar-refractivity contribution in [3.8, 4) is 5.69 Å². The summed E-state index contributed by atoms with van der Waals surface area (Å²) >= 11 is 0. The van der Waals surface area contributed by atoms with Gasteiger partial charge in [0.2, 0.25) is 5.91 Å². The van der Waals surface area contributed by atoms with Gasteiger partial charge in [-0.3, -0.25) is 4.79 Å². The van der Waals surface area contributed by atoms with Crippen LogP contribution in [0.15, 0.2) is 67.3 Å². The average molecular weight is 350 g/mol. The molecule has 1 aromatic heterocycles. The lowest BCUT2D eigenvalue weighted by Crippen LogP contribution is -2.27. The first-order valence-corrected chi connectivity index (χ1v) is 8.20. The molecule has 0 saturated heterocycles. The second kappa shape index (κ2) is 7.74. The second-order valence-corrected chi connectivity index (χ2v) is 5.95. The van der Waals surface area contributed by atoms with Crippen molar-refractivity contribution in [2.45, 2.75) is 13.0 Å². The summed E-state index contributed by atoms with van der Waals surface area (Å²) in [5, 5.41) is 4.09. The molecule has 0 N–H and O–H groups in total. The molecule has 0 aliphatic heterocycles. The zero-order valence-corrected chi connectivity index (χ0v) is 14.6. The number of aromatic nitrogens is 3. The van der Waals surface area contributed by atoms with Crippen molar-refractivity contribution >= 4 is 12.0 Å². The van der Waals surface area contributed by atoms with Crippen LogP contribution >= 0.6 is 0 Å². The van der Waals surface area contributed by atoms with Crippen LogP contribution in [0.1, 0.15) is 24.1 Å². The van der Waals surface area contributed by atoms with Crippen molar-refractivity contribution in [2.24, 2.45) is 0 Å². The number of halogens is 1. The highest BCUT2D eigenvalue weighted by Crippen LogP contribution is 2.20. The number of rotatable bonds is 5. The number of hydrogen-bond donors (Lipinski definition) is 0. The van der Waals surface area contributed by atoms with E-state index in [2.05, 4.69) is 10.1 Å². The normalized spacial score (nSPS) is 12.3. The predicted molar refractivity (Wildman–Crippen MR) is 98.0 cm³/mol. The summed E-state index contributed by atoms with van der Waals surface area (Å²) in [5.74, 6) is -0.476. The lowest BCUT2D eigenvalue weighted by Gasteiger charge is -2.24. The van der Waals surface area contributed by atoms with Gasteiger partial charge in [-0.2, -0.15) is 5.10 Å². The molecular weight excluding hydrogens is 331 g/mol.